The van der Waals surface area contributed by atoms with Gasteiger partial charge in [-0.1, -0.05) is 42.8 Å². The van der Waals surface area contributed by atoms with Gasteiger partial charge in [-0.3, -0.25) is 4.90 Å². The van der Waals surface area contributed by atoms with E-state index in [4.69, 9.17) is 0 Å². The lowest BCUT2D eigenvalue weighted by atomic mass is 10.1. The number of hydrogen-bond donors (Lipinski definition) is 0. The third kappa shape index (κ3) is 3.39. The van der Waals surface area contributed by atoms with Gasteiger partial charge in [-0.25, -0.2) is 8.57 Å². The lowest BCUT2D eigenvalue weighted by Crippen LogP contribution is -2.30. The lowest BCUT2D eigenvalue weighted by Gasteiger charge is -2.25. The van der Waals surface area contributed by atoms with Crippen LogP contribution in [0.4, 0.5) is 0 Å². The molecule has 1 aliphatic rings. The monoisotopic (exact) mass is 314 g/mol. The molecule has 0 spiro atoms. The van der Waals surface area contributed by atoms with Gasteiger partial charge in [0, 0.05) is 0 Å². The molecule has 1 aliphatic heterocycles. The van der Waals surface area contributed by atoms with Crippen LogP contribution in [0.1, 0.15) is 19.3 Å². The van der Waals surface area contributed by atoms with Crippen molar-refractivity contribution in [3.05, 3.63) is 60.7 Å². The summed E-state index contributed by atoms with van der Waals surface area (Å²) in [4.78, 5) is 3.88. The summed E-state index contributed by atoms with van der Waals surface area (Å²) in [5, 5.41) is 0. The van der Waals surface area contributed by atoms with Crippen LogP contribution in [-0.2, 0) is 9.73 Å². The molecule has 2 aromatic rings. The summed E-state index contributed by atoms with van der Waals surface area (Å²) < 4.78 is 18.3. The Kier molecular flexibility index (Phi) is 4.90. The van der Waals surface area contributed by atoms with Crippen molar-refractivity contribution in [1.29, 1.82) is 0 Å². The van der Waals surface area contributed by atoms with E-state index in [1.54, 1.807) is 0 Å². The number of hydrogen-bond acceptors (Lipinski definition) is 3. The fourth-order valence-electron chi connectivity index (χ4n) is 2.76. The van der Waals surface area contributed by atoms with Crippen molar-refractivity contribution in [2.45, 2.75) is 29.1 Å². The van der Waals surface area contributed by atoms with Crippen LogP contribution in [0, 0.1) is 0 Å². The van der Waals surface area contributed by atoms with Gasteiger partial charge in [0.1, 0.15) is 16.4 Å². The Morgan fingerprint density at radius 1 is 0.818 bits per heavy atom. The quantitative estimate of drug-likeness (QED) is 0.854. The van der Waals surface area contributed by atoms with Crippen molar-refractivity contribution in [2.24, 2.45) is 4.36 Å². The molecular weight excluding hydrogens is 292 g/mol. The third-order valence-electron chi connectivity index (χ3n) is 4.01. The van der Waals surface area contributed by atoms with Crippen molar-refractivity contribution in [2.75, 3.05) is 19.8 Å². The normalized spacial score (nSPS) is 16.4. The van der Waals surface area contributed by atoms with Crippen molar-refractivity contribution in [3.63, 3.8) is 0 Å². The average molecular weight is 314 g/mol. The lowest BCUT2D eigenvalue weighted by molar-refractivity contribution is 0.236. The Hall–Kier alpha value is -1.65. The van der Waals surface area contributed by atoms with E-state index in [0.29, 0.717) is 6.67 Å². The SMILES string of the molecule is O=S(=NCN1CCCCC1)(c1ccccc1)c1ccccc1. The second-order valence-corrected chi connectivity index (χ2v) is 7.85. The highest BCUT2D eigenvalue weighted by Gasteiger charge is 2.17. The summed E-state index contributed by atoms with van der Waals surface area (Å²) >= 11 is 0. The molecule has 22 heavy (non-hydrogen) atoms. The van der Waals surface area contributed by atoms with Crippen molar-refractivity contribution in [1.82, 2.24) is 4.90 Å². The van der Waals surface area contributed by atoms with Gasteiger partial charge in [-0.05, 0) is 50.2 Å². The standard InChI is InChI=1S/C18H22N2OS/c21-22(17-10-4-1-5-11-17,18-12-6-2-7-13-18)19-16-20-14-8-3-9-15-20/h1-2,4-7,10-13H,3,8-9,14-16H2. The van der Waals surface area contributed by atoms with E-state index in [1.165, 1.54) is 19.3 Å². The van der Waals surface area contributed by atoms with Crippen molar-refractivity contribution in [3.8, 4) is 0 Å². The molecule has 1 saturated heterocycles. The van der Waals surface area contributed by atoms with Crippen LogP contribution >= 0.6 is 0 Å². The molecule has 4 heteroatoms. The smallest absolute Gasteiger partial charge is 0.105 e. The molecule has 3 rings (SSSR count). The predicted molar refractivity (Wildman–Crippen MR) is 90.3 cm³/mol. The molecule has 0 bridgehead atoms. The first kappa shape index (κ1) is 15.3. The highest BCUT2D eigenvalue weighted by Crippen LogP contribution is 2.23. The Morgan fingerprint density at radius 2 is 1.32 bits per heavy atom. The molecule has 0 aromatic heterocycles. The number of piperidine rings is 1. The van der Waals surface area contributed by atoms with E-state index in [9.17, 15) is 4.21 Å². The van der Waals surface area contributed by atoms with E-state index < -0.39 is 9.73 Å². The maximum absolute atomic E-state index is 13.6. The van der Waals surface area contributed by atoms with Crippen molar-refractivity contribution < 1.29 is 4.21 Å². The second-order valence-electron chi connectivity index (χ2n) is 5.60. The predicted octanol–water partition coefficient (Wildman–Crippen LogP) is 4.02. The van der Waals surface area contributed by atoms with Crippen LogP contribution in [0.5, 0.6) is 0 Å². The van der Waals surface area contributed by atoms with E-state index in [0.717, 1.165) is 22.9 Å². The number of likely N-dealkylation sites (tertiary alicyclic amines) is 1. The van der Waals surface area contributed by atoms with Crippen LogP contribution < -0.4 is 0 Å². The third-order valence-corrected chi connectivity index (χ3v) is 6.31. The highest BCUT2D eigenvalue weighted by atomic mass is 32.2. The molecule has 2 aromatic carbocycles. The fourth-order valence-corrected chi connectivity index (χ4v) is 4.71. The zero-order valence-electron chi connectivity index (χ0n) is 12.7. The molecule has 0 radical (unpaired) electrons. The molecule has 0 N–H and O–H groups in total. The van der Waals surface area contributed by atoms with Crippen LogP contribution in [0.3, 0.4) is 0 Å². The molecule has 0 unspecified atom stereocenters. The molecule has 0 saturated carbocycles. The zero-order valence-corrected chi connectivity index (χ0v) is 13.5. The Morgan fingerprint density at radius 3 is 1.82 bits per heavy atom. The summed E-state index contributed by atoms with van der Waals surface area (Å²) in [6, 6.07) is 19.2. The van der Waals surface area contributed by atoms with Gasteiger partial charge in [0.25, 0.3) is 0 Å². The molecule has 0 atom stereocenters. The largest absolute Gasteiger partial charge is 0.284 e. The summed E-state index contributed by atoms with van der Waals surface area (Å²) in [7, 11) is -2.56. The van der Waals surface area contributed by atoms with E-state index >= 15 is 0 Å². The van der Waals surface area contributed by atoms with Crippen LogP contribution in [0.15, 0.2) is 74.8 Å². The highest BCUT2D eigenvalue weighted by molar-refractivity contribution is 7.93. The maximum atomic E-state index is 13.6. The first-order valence-electron chi connectivity index (χ1n) is 7.84. The van der Waals surface area contributed by atoms with Gasteiger partial charge in [-0.15, -0.1) is 0 Å². The zero-order chi connectivity index (χ0) is 15.3. The summed E-state index contributed by atoms with van der Waals surface area (Å²) in [5.41, 5.74) is 0. The molecule has 116 valence electrons. The van der Waals surface area contributed by atoms with Gasteiger partial charge < -0.3 is 0 Å². The number of rotatable bonds is 4. The van der Waals surface area contributed by atoms with Crippen LogP contribution in [-0.4, -0.2) is 28.9 Å². The Balaban J connectivity index is 1.98. The first-order chi connectivity index (χ1) is 10.8. The first-order valence-corrected chi connectivity index (χ1v) is 9.36. The summed E-state index contributed by atoms with van der Waals surface area (Å²) in [6.07, 6.45) is 3.73. The Bertz CT molecular complexity index is 655. The minimum Gasteiger partial charge on any atom is -0.284 e. The van der Waals surface area contributed by atoms with Crippen molar-refractivity contribution >= 4 is 9.73 Å². The van der Waals surface area contributed by atoms with Gasteiger partial charge >= 0.3 is 0 Å². The van der Waals surface area contributed by atoms with E-state index in [-0.39, 0.29) is 0 Å². The maximum Gasteiger partial charge on any atom is 0.105 e. The van der Waals surface area contributed by atoms with Crippen LogP contribution in [0.25, 0.3) is 0 Å². The molecule has 0 aliphatic carbocycles. The molecule has 3 nitrogen and oxygen atoms in total. The van der Waals surface area contributed by atoms with Gasteiger partial charge in [0.15, 0.2) is 0 Å². The minimum absolute atomic E-state index is 0.544. The van der Waals surface area contributed by atoms with E-state index in [2.05, 4.69) is 9.26 Å². The Labute approximate surface area is 133 Å². The molecule has 0 amide bonds. The average Bonchev–Trinajstić information content (AvgIpc) is 2.62. The number of nitrogens with zero attached hydrogens (tertiary/aromatic N) is 2. The number of benzene rings is 2. The topological polar surface area (TPSA) is 32.7 Å². The van der Waals surface area contributed by atoms with E-state index in [1.807, 2.05) is 60.7 Å². The summed E-state index contributed by atoms with van der Waals surface area (Å²) in [5.74, 6) is 0. The minimum atomic E-state index is -2.56. The fraction of sp³-hybridized carbons (Fsp3) is 0.333. The molecular formula is C18H22N2OS. The second kappa shape index (κ2) is 7.07. The van der Waals surface area contributed by atoms with Gasteiger partial charge in [0.05, 0.1) is 9.79 Å². The van der Waals surface area contributed by atoms with Gasteiger partial charge in [-0.2, -0.15) is 0 Å². The van der Waals surface area contributed by atoms with Gasteiger partial charge in [0.2, 0.25) is 0 Å². The molecule has 1 fully saturated rings. The van der Waals surface area contributed by atoms with Crippen LogP contribution in [0.2, 0.25) is 0 Å². The summed E-state index contributed by atoms with van der Waals surface area (Å²) in [6.45, 7) is 2.66. The molecule has 1 heterocycles.